The molecule has 170 valence electrons. The van der Waals surface area contributed by atoms with E-state index in [1.165, 1.54) is 17.7 Å². The fourth-order valence-electron chi connectivity index (χ4n) is 4.80. The van der Waals surface area contributed by atoms with Crippen LogP contribution in [0.15, 0.2) is 58.1 Å². The van der Waals surface area contributed by atoms with Gasteiger partial charge in [-0.05, 0) is 37.6 Å². The van der Waals surface area contributed by atoms with E-state index in [4.69, 9.17) is 16.3 Å². The first kappa shape index (κ1) is 21.7. The molecule has 0 aliphatic carbocycles. The quantitative estimate of drug-likeness (QED) is 0.440. The van der Waals surface area contributed by atoms with Gasteiger partial charge in [-0.25, -0.2) is 9.18 Å². The maximum Gasteiger partial charge on any atom is 0.331 e. The summed E-state index contributed by atoms with van der Waals surface area (Å²) in [6.07, 6.45) is -0.791. The van der Waals surface area contributed by atoms with Crippen molar-refractivity contribution in [1.82, 2.24) is 13.7 Å². The van der Waals surface area contributed by atoms with Gasteiger partial charge in [-0.3, -0.25) is 13.9 Å². The number of halogens is 2. The van der Waals surface area contributed by atoms with E-state index in [1.54, 1.807) is 37.4 Å². The third-order valence-corrected chi connectivity index (χ3v) is 6.62. The van der Waals surface area contributed by atoms with E-state index in [2.05, 4.69) is 0 Å². The summed E-state index contributed by atoms with van der Waals surface area (Å²) < 4.78 is 25.7. The molecule has 0 fully saturated rings. The minimum Gasteiger partial charge on any atom is -0.365 e. The first-order chi connectivity index (χ1) is 15.6. The lowest BCUT2D eigenvalue weighted by Crippen LogP contribution is -2.40. The fraction of sp³-hybridized carbons (Fsp3) is 0.280. The van der Waals surface area contributed by atoms with Crippen LogP contribution in [-0.4, -0.2) is 20.3 Å². The molecule has 2 aromatic carbocycles. The highest BCUT2D eigenvalue weighted by molar-refractivity contribution is 6.30. The predicted molar refractivity (Wildman–Crippen MR) is 126 cm³/mol. The molecule has 33 heavy (non-hydrogen) atoms. The van der Waals surface area contributed by atoms with E-state index < -0.39 is 28.7 Å². The molecule has 8 heteroatoms. The number of nitrogens with zero attached hydrogens (tertiary/aromatic N) is 3. The Bertz CT molecular complexity index is 1530. The van der Waals surface area contributed by atoms with Crippen LogP contribution in [0, 0.1) is 5.82 Å². The fourth-order valence-corrected chi connectivity index (χ4v) is 4.93. The lowest BCUT2D eigenvalue weighted by Gasteiger charge is -2.39. The first-order valence-corrected chi connectivity index (χ1v) is 11.0. The molecule has 3 heterocycles. The molecular weight excluding hydrogens is 445 g/mol. The second kappa shape index (κ2) is 7.43. The van der Waals surface area contributed by atoms with E-state index >= 15 is 0 Å². The standard InChI is InChI=1S/C25H23ClFN3O3/c1-25(2)13-33-22(16-7-5-6-8-17(16)27)21-20-18(23(31)29(4)24(32)28(20)3)19(30(21)25)14-9-11-15(26)12-10-14/h5-12,22H,13H2,1-4H3/t22-/m0/s1. The summed E-state index contributed by atoms with van der Waals surface area (Å²) in [5, 5.41) is 0.956. The highest BCUT2D eigenvalue weighted by atomic mass is 35.5. The molecule has 0 unspecified atom stereocenters. The van der Waals surface area contributed by atoms with Crippen molar-refractivity contribution in [3.05, 3.63) is 91.5 Å². The van der Waals surface area contributed by atoms with Gasteiger partial charge in [0.25, 0.3) is 5.56 Å². The Balaban J connectivity index is 2.03. The van der Waals surface area contributed by atoms with Crippen LogP contribution in [0.2, 0.25) is 5.02 Å². The van der Waals surface area contributed by atoms with E-state index in [0.29, 0.717) is 32.9 Å². The lowest BCUT2D eigenvalue weighted by molar-refractivity contribution is -0.00855. The van der Waals surface area contributed by atoms with Gasteiger partial charge in [-0.1, -0.05) is 41.9 Å². The summed E-state index contributed by atoms with van der Waals surface area (Å²) in [5.74, 6) is -0.412. The Morgan fingerprint density at radius 1 is 1.03 bits per heavy atom. The van der Waals surface area contributed by atoms with Gasteiger partial charge in [0.05, 0.1) is 34.4 Å². The Morgan fingerprint density at radius 3 is 2.36 bits per heavy atom. The summed E-state index contributed by atoms with van der Waals surface area (Å²) in [7, 11) is 3.08. The molecule has 5 rings (SSSR count). The topological polar surface area (TPSA) is 58.2 Å². The first-order valence-electron chi connectivity index (χ1n) is 10.6. The Kier molecular flexibility index (Phi) is 4.88. The second-order valence-corrected chi connectivity index (χ2v) is 9.47. The van der Waals surface area contributed by atoms with Gasteiger partial charge in [-0.15, -0.1) is 0 Å². The Morgan fingerprint density at radius 2 is 1.70 bits per heavy atom. The molecule has 1 aliphatic rings. The highest BCUT2D eigenvalue weighted by Gasteiger charge is 2.41. The molecule has 0 radical (unpaired) electrons. The molecule has 6 nitrogen and oxygen atoms in total. The third-order valence-electron chi connectivity index (χ3n) is 6.37. The molecule has 0 saturated heterocycles. The van der Waals surface area contributed by atoms with Crippen LogP contribution in [0.3, 0.4) is 0 Å². The van der Waals surface area contributed by atoms with Gasteiger partial charge in [0.2, 0.25) is 0 Å². The number of aryl methyl sites for hydroxylation is 1. The molecule has 0 amide bonds. The van der Waals surface area contributed by atoms with E-state index in [0.717, 1.165) is 10.1 Å². The molecule has 0 saturated carbocycles. The molecule has 4 aromatic rings. The predicted octanol–water partition coefficient (Wildman–Crippen LogP) is 4.35. The second-order valence-electron chi connectivity index (χ2n) is 9.03. The molecule has 0 bridgehead atoms. The van der Waals surface area contributed by atoms with Crippen LogP contribution >= 0.6 is 11.6 Å². The molecule has 1 atom stereocenters. The zero-order valence-electron chi connectivity index (χ0n) is 18.7. The minimum atomic E-state index is -0.791. The van der Waals surface area contributed by atoms with Gasteiger partial charge in [-0.2, -0.15) is 0 Å². The lowest BCUT2D eigenvalue weighted by atomic mass is 9.97. The van der Waals surface area contributed by atoms with Crippen LogP contribution in [-0.2, 0) is 24.4 Å². The van der Waals surface area contributed by atoms with Crippen molar-refractivity contribution in [3.8, 4) is 11.3 Å². The number of rotatable bonds is 2. The van der Waals surface area contributed by atoms with Gasteiger partial charge in [0.1, 0.15) is 11.9 Å². The Labute approximate surface area is 194 Å². The smallest absolute Gasteiger partial charge is 0.331 e. The number of aromatic nitrogens is 3. The van der Waals surface area contributed by atoms with Crippen molar-refractivity contribution in [2.24, 2.45) is 14.1 Å². The summed E-state index contributed by atoms with van der Waals surface area (Å²) in [6.45, 7) is 4.28. The van der Waals surface area contributed by atoms with E-state index in [1.807, 2.05) is 30.5 Å². The van der Waals surface area contributed by atoms with Crippen LogP contribution < -0.4 is 11.2 Å². The summed E-state index contributed by atoms with van der Waals surface area (Å²) in [6, 6.07) is 13.6. The average Bonchev–Trinajstić information content (AvgIpc) is 3.15. The number of hydrogen-bond acceptors (Lipinski definition) is 3. The largest absolute Gasteiger partial charge is 0.365 e. The van der Waals surface area contributed by atoms with Crippen LogP contribution in [0.1, 0.15) is 31.2 Å². The Hall–Kier alpha value is -3.16. The SMILES string of the molecule is Cn1c(=O)c2c(-c3ccc(Cl)cc3)n3c(c2n(C)c1=O)[C@H](c1ccccc1F)OCC3(C)C. The third kappa shape index (κ3) is 3.10. The van der Waals surface area contributed by atoms with Crippen molar-refractivity contribution < 1.29 is 9.13 Å². The van der Waals surface area contributed by atoms with Crippen molar-refractivity contribution in [2.45, 2.75) is 25.5 Å². The zero-order valence-corrected chi connectivity index (χ0v) is 19.5. The number of fused-ring (bicyclic) bond motifs is 3. The number of ether oxygens (including phenoxy) is 1. The van der Waals surface area contributed by atoms with Crippen LogP contribution in [0.25, 0.3) is 22.2 Å². The molecule has 0 N–H and O–H groups in total. The number of hydrogen-bond donors (Lipinski definition) is 0. The van der Waals surface area contributed by atoms with Crippen LogP contribution in [0.5, 0.6) is 0 Å². The minimum absolute atomic E-state index is 0.287. The van der Waals surface area contributed by atoms with Gasteiger partial charge >= 0.3 is 5.69 Å². The number of benzene rings is 2. The van der Waals surface area contributed by atoms with E-state index in [9.17, 15) is 14.0 Å². The van der Waals surface area contributed by atoms with Crippen LogP contribution in [0.4, 0.5) is 4.39 Å². The summed E-state index contributed by atoms with van der Waals surface area (Å²) >= 11 is 6.13. The van der Waals surface area contributed by atoms with Gasteiger partial charge < -0.3 is 9.30 Å². The van der Waals surface area contributed by atoms with Crippen molar-refractivity contribution in [2.75, 3.05) is 6.61 Å². The normalized spacial score (nSPS) is 17.3. The molecule has 0 spiro atoms. The molecule has 1 aliphatic heterocycles. The zero-order chi connectivity index (χ0) is 23.7. The summed E-state index contributed by atoms with van der Waals surface area (Å²) in [5.41, 5.74) is 1.34. The maximum absolute atomic E-state index is 14.9. The molecule has 2 aromatic heterocycles. The van der Waals surface area contributed by atoms with Gasteiger partial charge in [0.15, 0.2) is 0 Å². The van der Waals surface area contributed by atoms with Gasteiger partial charge in [0, 0.05) is 24.7 Å². The average molecular weight is 468 g/mol. The molecular formula is C25H23ClFN3O3. The monoisotopic (exact) mass is 467 g/mol. The van der Waals surface area contributed by atoms with Crippen molar-refractivity contribution in [1.29, 1.82) is 0 Å². The highest BCUT2D eigenvalue weighted by Crippen LogP contribution is 2.45. The van der Waals surface area contributed by atoms with Crippen molar-refractivity contribution >= 4 is 22.5 Å². The van der Waals surface area contributed by atoms with E-state index in [-0.39, 0.29) is 6.61 Å². The van der Waals surface area contributed by atoms with Crippen molar-refractivity contribution in [3.63, 3.8) is 0 Å². The summed E-state index contributed by atoms with van der Waals surface area (Å²) in [4.78, 5) is 26.4. The maximum atomic E-state index is 14.9.